The molecule has 1 amide bonds. The summed E-state index contributed by atoms with van der Waals surface area (Å²) in [6.07, 6.45) is 2.76. The molecule has 1 aliphatic rings. The van der Waals surface area contributed by atoms with Crippen molar-refractivity contribution in [2.45, 2.75) is 0 Å². The van der Waals surface area contributed by atoms with Gasteiger partial charge < -0.3 is 19.5 Å². The van der Waals surface area contributed by atoms with Crippen LogP contribution in [0.3, 0.4) is 0 Å². The minimum Gasteiger partial charge on any atom is -0.454 e. The molecule has 136 valence electrons. The van der Waals surface area contributed by atoms with Crippen LogP contribution < -0.4 is 14.8 Å². The number of rotatable bonds is 5. The molecule has 0 radical (unpaired) electrons. The molecule has 0 aromatic heterocycles. The molecule has 1 aliphatic heterocycles. The molecular weight excluding hydrogens is 372 g/mol. The Kier molecular flexibility index (Phi) is 5.59. The van der Waals surface area contributed by atoms with Gasteiger partial charge in [0.1, 0.15) is 6.07 Å². The zero-order chi connectivity index (χ0) is 19.2. The van der Waals surface area contributed by atoms with Crippen molar-refractivity contribution in [3.8, 4) is 17.6 Å². The van der Waals surface area contributed by atoms with Crippen LogP contribution in [0.4, 0.5) is 5.69 Å². The normalized spacial score (nSPS) is 11.9. The molecule has 27 heavy (non-hydrogen) atoms. The number of nitrogens with one attached hydrogen (secondary N) is 1. The molecule has 8 heteroatoms. The molecule has 7 nitrogen and oxygen atoms in total. The van der Waals surface area contributed by atoms with Gasteiger partial charge in [-0.15, -0.1) is 0 Å². The van der Waals surface area contributed by atoms with Crippen molar-refractivity contribution in [3.63, 3.8) is 0 Å². The largest absolute Gasteiger partial charge is 0.454 e. The zero-order valence-electron chi connectivity index (χ0n) is 13.9. The third-order valence-corrected chi connectivity index (χ3v) is 3.84. The van der Waals surface area contributed by atoms with E-state index in [0.717, 1.165) is 5.56 Å². The molecule has 0 fully saturated rings. The second-order valence-electron chi connectivity index (χ2n) is 5.41. The van der Waals surface area contributed by atoms with Crippen LogP contribution in [0.1, 0.15) is 11.1 Å². The third-order valence-electron chi connectivity index (χ3n) is 3.53. The minimum absolute atomic E-state index is 0.171. The molecule has 0 saturated carbocycles. The quantitative estimate of drug-likeness (QED) is 0.628. The summed E-state index contributed by atoms with van der Waals surface area (Å²) in [6.45, 7) is -0.286. The summed E-state index contributed by atoms with van der Waals surface area (Å²) in [5.74, 6) is 0.0570. The maximum absolute atomic E-state index is 11.8. The second kappa shape index (κ2) is 8.25. The van der Waals surface area contributed by atoms with Gasteiger partial charge in [0.05, 0.1) is 10.6 Å². The number of nitrogens with zero attached hydrogens (tertiary/aromatic N) is 1. The van der Waals surface area contributed by atoms with Gasteiger partial charge >= 0.3 is 5.97 Å². The predicted molar refractivity (Wildman–Crippen MR) is 97.4 cm³/mol. The fourth-order valence-electron chi connectivity index (χ4n) is 2.25. The molecule has 0 unspecified atom stereocenters. The number of carbonyl (C=O) groups excluding carboxylic acids is 2. The van der Waals surface area contributed by atoms with Crippen molar-refractivity contribution < 1.29 is 23.8 Å². The van der Waals surface area contributed by atoms with E-state index in [0.29, 0.717) is 22.7 Å². The van der Waals surface area contributed by atoms with E-state index in [4.69, 9.17) is 31.1 Å². The van der Waals surface area contributed by atoms with E-state index >= 15 is 0 Å². The van der Waals surface area contributed by atoms with Crippen LogP contribution in [0.5, 0.6) is 11.5 Å². The molecule has 0 bridgehead atoms. The van der Waals surface area contributed by atoms with E-state index < -0.39 is 18.5 Å². The van der Waals surface area contributed by atoms with E-state index in [2.05, 4.69) is 5.32 Å². The lowest BCUT2D eigenvalue weighted by Gasteiger charge is -2.06. The molecule has 3 rings (SSSR count). The Morgan fingerprint density at radius 2 is 2.04 bits per heavy atom. The Morgan fingerprint density at radius 3 is 2.81 bits per heavy atom. The Bertz CT molecular complexity index is 965. The first-order valence-corrected chi connectivity index (χ1v) is 8.17. The van der Waals surface area contributed by atoms with Crippen molar-refractivity contribution in [1.29, 1.82) is 5.26 Å². The highest BCUT2D eigenvalue weighted by molar-refractivity contribution is 6.32. The Balaban J connectivity index is 1.49. The summed E-state index contributed by atoms with van der Waals surface area (Å²) in [7, 11) is 0. The predicted octanol–water partition coefficient (Wildman–Crippen LogP) is 3.14. The van der Waals surface area contributed by atoms with Crippen molar-refractivity contribution in [3.05, 3.63) is 58.6 Å². The van der Waals surface area contributed by atoms with Crippen molar-refractivity contribution >= 4 is 35.2 Å². The van der Waals surface area contributed by atoms with Gasteiger partial charge in [0.15, 0.2) is 18.1 Å². The van der Waals surface area contributed by atoms with Crippen LogP contribution in [-0.2, 0) is 14.3 Å². The van der Waals surface area contributed by atoms with E-state index in [1.807, 2.05) is 6.07 Å². The van der Waals surface area contributed by atoms with Gasteiger partial charge in [-0.3, -0.25) is 4.79 Å². The van der Waals surface area contributed by atoms with Crippen LogP contribution >= 0.6 is 11.6 Å². The minimum atomic E-state index is -0.666. The number of fused-ring (bicyclic) bond motifs is 1. The van der Waals surface area contributed by atoms with Gasteiger partial charge in [0.2, 0.25) is 6.79 Å². The number of amides is 1. The van der Waals surface area contributed by atoms with Crippen molar-refractivity contribution in [2.75, 3.05) is 18.7 Å². The molecular formula is C19H13ClN2O5. The summed E-state index contributed by atoms with van der Waals surface area (Å²) in [4.78, 5) is 23.6. The molecule has 0 saturated heterocycles. The number of hydrogen-bond acceptors (Lipinski definition) is 6. The van der Waals surface area contributed by atoms with Gasteiger partial charge in [0.25, 0.3) is 5.91 Å². The van der Waals surface area contributed by atoms with Crippen LogP contribution in [0.25, 0.3) is 6.08 Å². The number of benzene rings is 2. The SMILES string of the molecule is N#Cc1ccc(NC(=O)COC(=O)/C=C/c2ccc3c(c2)OCO3)cc1Cl. The van der Waals surface area contributed by atoms with E-state index in [1.165, 1.54) is 24.3 Å². The van der Waals surface area contributed by atoms with Gasteiger partial charge in [-0.2, -0.15) is 5.26 Å². The van der Waals surface area contributed by atoms with Crippen LogP contribution in [0.2, 0.25) is 5.02 Å². The zero-order valence-corrected chi connectivity index (χ0v) is 14.7. The Hall–Kier alpha value is -3.50. The van der Waals surface area contributed by atoms with Gasteiger partial charge in [-0.1, -0.05) is 17.7 Å². The lowest BCUT2D eigenvalue weighted by Crippen LogP contribution is -2.20. The lowest BCUT2D eigenvalue weighted by molar-refractivity contribution is -0.142. The molecule has 1 heterocycles. The summed E-state index contributed by atoms with van der Waals surface area (Å²) in [5, 5.41) is 11.6. The van der Waals surface area contributed by atoms with E-state index in [1.54, 1.807) is 24.3 Å². The number of esters is 1. The maximum atomic E-state index is 11.8. The molecule has 0 atom stereocenters. The van der Waals surface area contributed by atoms with Crippen molar-refractivity contribution in [2.24, 2.45) is 0 Å². The van der Waals surface area contributed by atoms with Crippen LogP contribution in [-0.4, -0.2) is 25.3 Å². The molecule has 2 aromatic rings. The van der Waals surface area contributed by atoms with E-state index in [-0.39, 0.29) is 11.8 Å². The van der Waals surface area contributed by atoms with Crippen molar-refractivity contribution in [1.82, 2.24) is 0 Å². The average Bonchev–Trinajstić information content (AvgIpc) is 3.12. The fourth-order valence-corrected chi connectivity index (χ4v) is 2.47. The highest BCUT2D eigenvalue weighted by atomic mass is 35.5. The Labute approximate surface area is 159 Å². The summed E-state index contributed by atoms with van der Waals surface area (Å²) in [6, 6.07) is 11.6. The molecule has 1 N–H and O–H groups in total. The highest BCUT2D eigenvalue weighted by Gasteiger charge is 2.12. The van der Waals surface area contributed by atoms with Crippen LogP contribution in [0, 0.1) is 11.3 Å². The lowest BCUT2D eigenvalue weighted by atomic mass is 10.2. The van der Waals surface area contributed by atoms with Gasteiger partial charge in [-0.05, 0) is 42.0 Å². The standard InChI is InChI=1S/C19H13ClN2O5/c20-15-8-14(4-3-13(15)9-21)22-18(23)10-25-19(24)6-2-12-1-5-16-17(7-12)27-11-26-16/h1-8H,10-11H2,(H,22,23)/b6-2+. The van der Waals surface area contributed by atoms with Gasteiger partial charge in [0, 0.05) is 11.8 Å². The second-order valence-corrected chi connectivity index (χ2v) is 5.82. The number of ether oxygens (including phenoxy) is 3. The smallest absolute Gasteiger partial charge is 0.331 e. The van der Waals surface area contributed by atoms with E-state index in [9.17, 15) is 9.59 Å². The molecule has 0 spiro atoms. The third kappa shape index (κ3) is 4.77. The molecule has 2 aromatic carbocycles. The number of nitriles is 1. The monoisotopic (exact) mass is 384 g/mol. The van der Waals surface area contributed by atoms with Crippen LogP contribution in [0.15, 0.2) is 42.5 Å². The van der Waals surface area contributed by atoms with Gasteiger partial charge in [-0.25, -0.2) is 4.79 Å². The Morgan fingerprint density at radius 1 is 1.22 bits per heavy atom. The first-order valence-electron chi connectivity index (χ1n) is 7.79. The first kappa shape index (κ1) is 18.3. The fraction of sp³-hybridized carbons (Fsp3) is 0.105. The highest BCUT2D eigenvalue weighted by Crippen LogP contribution is 2.32. The topological polar surface area (TPSA) is 97.7 Å². The number of anilines is 1. The summed E-state index contributed by atoms with van der Waals surface area (Å²) >= 11 is 5.89. The molecule has 0 aliphatic carbocycles. The number of halogens is 1. The average molecular weight is 385 g/mol. The maximum Gasteiger partial charge on any atom is 0.331 e. The first-order chi connectivity index (χ1) is 13.0. The number of hydrogen-bond donors (Lipinski definition) is 1. The summed E-state index contributed by atoms with van der Waals surface area (Å²) < 4.78 is 15.3. The number of carbonyl (C=O) groups is 2. The summed E-state index contributed by atoms with van der Waals surface area (Å²) in [5.41, 5.74) is 1.43.